The van der Waals surface area contributed by atoms with Gasteiger partial charge in [-0.05, 0) is 25.3 Å². The highest BCUT2D eigenvalue weighted by molar-refractivity contribution is 5.63. The maximum absolute atomic E-state index is 12.1. The van der Waals surface area contributed by atoms with Crippen molar-refractivity contribution in [3.8, 4) is 11.3 Å². The highest BCUT2D eigenvalue weighted by atomic mass is 16.1. The molecule has 0 aliphatic rings. The van der Waals surface area contributed by atoms with Gasteiger partial charge in [-0.2, -0.15) is 0 Å². The predicted molar refractivity (Wildman–Crippen MR) is 74.8 cm³/mol. The maximum atomic E-state index is 12.1. The highest BCUT2D eigenvalue weighted by Gasteiger charge is 2.13. The molecule has 0 radical (unpaired) electrons. The number of aryl methyl sites for hydroxylation is 2. The minimum atomic E-state index is 0.0963. The van der Waals surface area contributed by atoms with Crippen molar-refractivity contribution in [2.24, 2.45) is 7.05 Å². The zero-order valence-corrected chi connectivity index (χ0v) is 11.3. The van der Waals surface area contributed by atoms with Crippen LogP contribution in [0.2, 0.25) is 0 Å². The maximum Gasteiger partial charge on any atom is 0.270 e. The largest absolute Gasteiger partial charge is 0.295 e. The van der Waals surface area contributed by atoms with Gasteiger partial charge < -0.3 is 0 Å². The van der Waals surface area contributed by atoms with Crippen molar-refractivity contribution >= 4 is 0 Å². The minimum absolute atomic E-state index is 0.0963. The average molecular weight is 244 g/mol. The molecule has 2 aromatic rings. The Hall–Kier alpha value is -1.77. The number of nitrogens with zero attached hydrogens (tertiary/aromatic N) is 1. The number of hydrogen-bond donors (Lipinski definition) is 1. The van der Waals surface area contributed by atoms with Gasteiger partial charge in [0.25, 0.3) is 5.56 Å². The molecule has 1 N–H and O–H groups in total. The number of aromatic nitrogens is 2. The molecule has 3 heteroatoms. The summed E-state index contributed by atoms with van der Waals surface area (Å²) in [5.74, 6) is 0. The van der Waals surface area contributed by atoms with E-state index in [1.165, 1.54) is 5.56 Å². The molecule has 1 aromatic heterocycles. The Bertz CT molecular complexity index is 576. The van der Waals surface area contributed by atoms with Gasteiger partial charge in [0, 0.05) is 12.6 Å². The van der Waals surface area contributed by atoms with Crippen LogP contribution >= 0.6 is 0 Å². The standard InChI is InChI=1S/C15H20N2O/c1-4-5-6-13-14(16-17(3)15(13)18)12-9-7-11(2)8-10-12/h7-10,16H,4-6H2,1-3H3. The van der Waals surface area contributed by atoms with E-state index in [0.29, 0.717) is 0 Å². The molecule has 0 unspecified atom stereocenters. The molecule has 2 rings (SSSR count). The lowest BCUT2D eigenvalue weighted by molar-refractivity contribution is 0.733. The third kappa shape index (κ3) is 2.40. The number of unbranched alkanes of at least 4 members (excludes halogenated alkanes) is 1. The number of hydrogen-bond acceptors (Lipinski definition) is 1. The first-order chi connectivity index (χ1) is 8.63. The van der Waals surface area contributed by atoms with Crippen molar-refractivity contribution in [3.05, 3.63) is 45.7 Å². The number of H-pyrrole nitrogens is 1. The number of nitrogens with one attached hydrogen (secondary N) is 1. The smallest absolute Gasteiger partial charge is 0.270 e. The van der Waals surface area contributed by atoms with Crippen molar-refractivity contribution in [2.75, 3.05) is 0 Å². The van der Waals surface area contributed by atoms with Crippen LogP contribution in [-0.2, 0) is 13.5 Å². The van der Waals surface area contributed by atoms with E-state index in [4.69, 9.17) is 0 Å². The van der Waals surface area contributed by atoms with Gasteiger partial charge in [-0.1, -0.05) is 43.2 Å². The summed E-state index contributed by atoms with van der Waals surface area (Å²) >= 11 is 0. The zero-order valence-electron chi connectivity index (χ0n) is 11.3. The molecule has 0 spiro atoms. The molecule has 3 nitrogen and oxygen atoms in total. The molecule has 0 aliphatic carbocycles. The Labute approximate surface area is 107 Å². The summed E-state index contributed by atoms with van der Waals surface area (Å²) < 4.78 is 1.57. The molecular formula is C15H20N2O. The average Bonchev–Trinajstić information content (AvgIpc) is 2.64. The van der Waals surface area contributed by atoms with Gasteiger partial charge in [0.05, 0.1) is 5.69 Å². The lowest BCUT2D eigenvalue weighted by atomic mass is 10.0. The van der Waals surface area contributed by atoms with Gasteiger partial charge in [0.1, 0.15) is 0 Å². The predicted octanol–water partition coefficient (Wildman–Crippen LogP) is 3.03. The van der Waals surface area contributed by atoms with Crippen molar-refractivity contribution in [1.29, 1.82) is 0 Å². The minimum Gasteiger partial charge on any atom is -0.295 e. The second kappa shape index (κ2) is 5.25. The summed E-state index contributed by atoms with van der Waals surface area (Å²) in [5, 5.41) is 3.16. The summed E-state index contributed by atoms with van der Waals surface area (Å²) in [4.78, 5) is 12.1. The molecule has 0 bridgehead atoms. The Balaban J connectivity index is 2.46. The molecule has 1 heterocycles. The second-order valence-corrected chi connectivity index (χ2v) is 4.80. The summed E-state index contributed by atoms with van der Waals surface area (Å²) in [5.41, 5.74) is 4.29. The van der Waals surface area contributed by atoms with Crippen LogP contribution in [0, 0.1) is 6.92 Å². The molecule has 18 heavy (non-hydrogen) atoms. The Morgan fingerprint density at radius 2 is 1.89 bits per heavy atom. The van der Waals surface area contributed by atoms with Crippen molar-refractivity contribution < 1.29 is 0 Å². The quantitative estimate of drug-likeness (QED) is 0.882. The first kappa shape index (κ1) is 12.7. The van der Waals surface area contributed by atoms with E-state index in [1.807, 2.05) is 0 Å². The molecule has 0 fully saturated rings. The summed E-state index contributed by atoms with van der Waals surface area (Å²) in [6.45, 7) is 4.21. The first-order valence-electron chi connectivity index (χ1n) is 6.48. The fraction of sp³-hybridized carbons (Fsp3) is 0.400. The highest BCUT2D eigenvalue weighted by Crippen LogP contribution is 2.21. The van der Waals surface area contributed by atoms with Crippen LogP contribution in [0.3, 0.4) is 0 Å². The van der Waals surface area contributed by atoms with Crippen molar-refractivity contribution in [1.82, 2.24) is 9.78 Å². The SMILES string of the molecule is CCCCc1c(-c2ccc(C)cc2)[nH]n(C)c1=O. The van der Waals surface area contributed by atoms with Gasteiger partial charge in [0.2, 0.25) is 0 Å². The van der Waals surface area contributed by atoms with Crippen molar-refractivity contribution in [3.63, 3.8) is 0 Å². The Morgan fingerprint density at radius 1 is 1.22 bits per heavy atom. The fourth-order valence-electron chi connectivity index (χ4n) is 2.14. The van der Waals surface area contributed by atoms with Crippen LogP contribution in [0.5, 0.6) is 0 Å². The van der Waals surface area contributed by atoms with E-state index < -0.39 is 0 Å². The molecule has 0 saturated heterocycles. The topological polar surface area (TPSA) is 37.8 Å². The van der Waals surface area contributed by atoms with E-state index in [9.17, 15) is 4.79 Å². The first-order valence-corrected chi connectivity index (χ1v) is 6.48. The van der Waals surface area contributed by atoms with E-state index in [1.54, 1.807) is 11.7 Å². The van der Waals surface area contributed by atoms with E-state index in [0.717, 1.165) is 36.1 Å². The molecule has 1 aromatic carbocycles. The molecule has 96 valence electrons. The molecule has 0 aliphatic heterocycles. The van der Waals surface area contributed by atoms with Gasteiger partial charge >= 0.3 is 0 Å². The summed E-state index contributed by atoms with van der Waals surface area (Å²) in [6, 6.07) is 8.28. The van der Waals surface area contributed by atoms with Crippen LogP contribution in [0.15, 0.2) is 29.1 Å². The third-order valence-electron chi connectivity index (χ3n) is 3.26. The van der Waals surface area contributed by atoms with Crippen LogP contribution in [-0.4, -0.2) is 9.78 Å². The Kier molecular flexibility index (Phi) is 3.70. The van der Waals surface area contributed by atoms with Crippen LogP contribution < -0.4 is 5.56 Å². The number of aromatic amines is 1. The van der Waals surface area contributed by atoms with Gasteiger partial charge in [-0.3, -0.25) is 14.6 Å². The Morgan fingerprint density at radius 3 is 2.50 bits per heavy atom. The summed E-state index contributed by atoms with van der Waals surface area (Å²) in [7, 11) is 1.77. The summed E-state index contributed by atoms with van der Waals surface area (Å²) in [6.07, 6.45) is 2.99. The normalized spacial score (nSPS) is 10.8. The molecule has 0 saturated carbocycles. The van der Waals surface area contributed by atoms with E-state index in [-0.39, 0.29) is 5.56 Å². The van der Waals surface area contributed by atoms with Crippen LogP contribution in [0.25, 0.3) is 11.3 Å². The lowest BCUT2D eigenvalue weighted by Gasteiger charge is -2.02. The van der Waals surface area contributed by atoms with Crippen LogP contribution in [0.4, 0.5) is 0 Å². The van der Waals surface area contributed by atoms with Crippen molar-refractivity contribution in [2.45, 2.75) is 33.1 Å². The zero-order chi connectivity index (χ0) is 13.1. The number of rotatable bonds is 4. The molecule has 0 atom stereocenters. The van der Waals surface area contributed by atoms with Gasteiger partial charge in [-0.25, -0.2) is 0 Å². The number of benzene rings is 1. The lowest BCUT2D eigenvalue weighted by Crippen LogP contribution is -2.15. The van der Waals surface area contributed by atoms with E-state index >= 15 is 0 Å². The fourth-order valence-corrected chi connectivity index (χ4v) is 2.14. The second-order valence-electron chi connectivity index (χ2n) is 4.80. The van der Waals surface area contributed by atoms with E-state index in [2.05, 4.69) is 43.2 Å². The molecule has 0 amide bonds. The third-order valence-corrected chi connectivity index (χ3v) is 3.26. The molecular weight excluding hydrogens is 224 g/mol. The van der Waals surface area contributed by atoms with Gasteiger partial charge in [-0.15, -0.1) is 0 Å². The van der Waals surface area contributed by atoms with Crippen LogP contribution in [0.1, 0.15) is 30.9 Å². The van der Waals surface area contributed by atoms with Gasteiger partial charge in [0.15, 0.2) is 0 Å². The monoisotopic (exact) mass is 244 g/mol.